The van der Waals surface area contributed by atoms with Crippen molar-refractivity contribution in [1.29, 1.82) is 0 Å². The predicted molar refractivity (Wildman–Crippen MR) is 88.8 cm³/mol. The van der Waals surface area contributed by atoms with Crippen molar-refractivity contribution in [2.24, 2.45) is 5.92 Å². The van der Waals surface area contributed by atoms with Crippen LogP contribution in [0.2, 0.25) is 0 Å². The molecule has 2 aliphatic rings. The molecule has 5 nitrogen and oxygen atoms in total. The third kappa shape index (κ3) is 4.43. The first-order chi connectivity index (χ1) is 10.5. The first-order valence-electron chi connectivity index (χ1n) is 8.96. The molecule has 2 heterocycles. The third-order valence-corrected chi connectivity index (χ3v) is 5.04. The fourth-order valence-corrected chi connectivity index (χ4v) is 3.65. The van der Waals surface area contributed by atoms with Crippen molar-refractivity contribution in [3.05, 3.63) is 0 Å². The molecule has 128 valence electrons. The number of carbonyl (C=O) groups excluding carboxylic acids is 1. The highest BCUT2D eigenvalue weighted by atomic mass is 16.3. The molecule has 0 aromatic heterocycles. The van der Waals surface area contributed by atoms with Crippen LogP contribution in [0.3, 0.4) is 0 Å². The summed E-state index contributed by atoms with van der Waals surface area (Å²) in [6, 6.07) is 0.0512. The maximum atomic E-state index is 12.9. The van der Waals surface area contributed by atoms with E-state index in [1.807, 2.05) is 11.8 Å². The summed E-state index contributed by atoms with van der Waals surface area (Å²) in [5.74, 6) is 0.679. The monoisotopic (exact) mass is 311 g/mol. The zero-order chi connectivity index (χ0) is 16.1. The first-order valence-corrected chi connectivity index (χ1v) is 8.96. The fraction of sp³-hybridized carbons (Fsp3) is 0.941. The number of likely N-dealkylation sites (tertiary alicyclic amines) is 1. The summed E-state index contributed by atoms with van der Waals surface area (Å²) in [4.78, 5) is 19.6. The molecule has 5 heteroatoms. The lowest BCUT2D eigenvalue weighted by atomic mass is 10.0. The van der Waals surface area contributed by atoms with Crippen molar-refractivity contribution in [1.82, 2.24) is 14.7 Å². The molecular formula is C17H33N3O2. The van der Waals surface area contributed by atoms with E-state index in [2.05, 4.69) is 23.6 Å². The highest BCUT2D eigenvalue weighted by Gasteiger charge is 2.34. The number of hydrogen-bond donors (Lipinski definition) is 1. The van der Waals surface area contributed by atoms with Crippen LogP contribution in [0.1, 0.15) is 40.0 Å². The Bertz CT molecular complexity index is 348. The quantitative estimate of drug-likeness (QED) is 0.796. The van der Waals surface area contributed by atoms with Crippen molar-refractivity contribution >= 4 is 5.91 Å². The van der Waals surface area contributed by atoms with E-state index in [-0.39, 0.29) is 12.1 Å². The van der Waals surface area contributed by atoms with Gasteiger partial charge in [0.1, 0.15) is 0 Å². The minimum atomic E-state index is -0.240. The SMILES string of the molecule is CC[C@@H](O)CN1CCN(C(=O)[C@H](C(C)C)N2CCCC2)CC1. The largest absolute Gasteiger partial charge is 0.392 e. The van der Waals surface area contributed by atoms with Gasteiger partial charge in [-0.05, 0) is 38.3 Å². The van der Waals surface area contributed by atoms with Crippen LogP contribution in [0, 0.1) is 5.92 Å². The van der Waals surface area contributed by atoms with Gasteiger partial charge in [-0.1, -0.05) is 20.8 Å². The van der Waals surface area contributed by atoms with E-state index < -0.39 is 0 Å². The Balaban J connectivity index is 1.87. The number of β-amino-alcohol motifs (C(OH)–C–C–N with tert-alkyl or cyclic N) is 1. The van der Waals surface area contributed by atoms with Crippen molar-refractivity contribution in [2.75, 3.05) is 45.8 Å². The number of carbonyl (C=O) groups is 1. The Labute approximate surface area is 135 Å². The van der Waals surface area contributed by atoms with Gasteiger partial charge < -0.3 is 10.0 Å². The van der Waals surface area contributed by atoms with Crippen molar-refractivity contribution in [3.63, 3.8) is 0 Å². The molecule has 0 unspecified atom stereocenters. The molecule has 0 spiro atoms. The average Bonchev–Trinajstić information content (AvgIpc) is 3.01. The molecular weight excluding hydrogens is 278 g/mol. The summed E-state index contributed by atoms with van der Waals surface area (Å²) in [6.45, 7) is 12.6. The van der Waals surface area contributed by atoms with Crippen LogP contribution < -0.4 is 0 Å². The number of aliphatic hydroxyl groups is 1. The lowest BCUT2D eigenvalue weighted by Gasteiger charge is -2.39. The molecule has 1 N–H and O–H groups in total. The molecule has 0 aliphatic carbocycles. The van der Waals surface area contributed by atoms with Crippen LogP contribution in [0.4, 0.5) is 0 Å². The standard InChI is InChI=1S/C17H33N3O2/c1-4-15(21)13-18-9-11-20(12-10-18)17(22)16(14(2)3)19-7-5-6-8-19/h14-16,21H,4-13H2,1-3H3/t15-,16+/m1/s1. The third-order valence-electron chi connectivity index (χ3n) is 5.04. The number of aliphatic hydroxyl groups excluding tert-OH is 1. The van der Waals surface area contributed by atoms with E-state index in [0.717, 1.165) is 52.2 Å². The van der Waals surface area contributed by atoms with Crippen LogP contribution in [0.15, 0.2) is 0 Å². The van der Waals surface area contributed by atoms with Gasteiger partial charge in [0.25, 0.3) is 0 Å². The van der Waals surface area contributed by atoms with Gasteiger partial charge in [-0.15, -0.1) is 0 Å². The summed E-state index contributed by atoms with van der Waals surface area (Å²) >= 11 is 0. The second-order valence-electron chi connectivity index (χ2n) is 7.12. The summed E-state index contributed by atoms with van der Waals surface area (Å²) in [5, 5.41) is 9.76. The van der Waals surface area contributed by atoms with Crippen LogP contribution in [-0.2, 0) is 4.79 Å². The molecule has 0 radical (unpaired) electrons. The molecule has 2 aliphatic heterocycles. The zero-order valence-electron chi connectivity index (χ0n) is 14.5. The summed E-state index contributed by atoms with van der Waals surface area (Å²) < 4.78 is 0. The van der Waals surface area contributed by atoms with Gasteiger partial charge >= 0.3 is 0 Å². The number of rotatable bonds is 6. The molecule has 2 saturated heterocycles. The van der Waals surface area contributed by atoms with Gasteiger partial charge in [0, 0.05) is 32.7 Å². The van der Waals surface area contributed by atoms with Gasteiger partial charge in [-0.2, -0.15) is 0 Å². The Morgan fingerprint density at radius 2 is 1.64 bits per heavy atom. The van der Waals surface area contributed by atoms with Gasteiger partial charge in [-0.25, -0.2) is 0 Å². The molecule has 0 aromatic rings. The van der Waals surface area contributed by atoms with Crippen molar-refractivity contribution in [3.8, 4) is 0 Å². The van der Waals surface area contributed by atoms with Crippen LogP contribution in [0.25, 0.3) is 0 Å². The first kappa shape index (κ1) is 17.7. The lowest BCUT2D eigenvalue weighted by molar-refractivity contribution is -0.140. The van der Waals surface area contributed by atoms with E-state index in [0.29, 0.717) is 11.8 Å². The molecule has 2 rings (SSSR count). The zero-order valence-corrected chi connectivity index (χ0v) is 14.5. The molecule has 1 amide bonds. The number of nitrogens with zero attached hydrogens (tertiary/aromatic N) is 3. The molecule has 2 atom stereocenters. The van der Waals surface area contributed by atoms with E-state index in [1.54, 1.807) is 0 Å². The average molecular weight is 311 g/mol. The van der Waals surface area contributed by atoms with Gasteiger partial charge in [0.2, 0.25) is 5.91 Å². The van der Waals surface area contributed by atoms with E-state index in [9.17, 15) is 9.90 Å². The second kappa shape index (κ2) is 8.27. The molecule has 22 heavy (non-hydrogen) atoms. The van der Waals surface area contributed by atoms with E-state index in [4.69, 9.17) is 0 Å². The summed E-state index contributed by atoms with van der Waals surface area (Å²) in [6.07, 6.45) is 3.00. The topological polar surface area (TPSA) is 47.0 Å². The van der Waals surface area contributed by atoms with Gasteiger partial charge in [0.05, 0.1) is 12.1 Å². The molecule has 0 saturated carbocycles. The highest BCUT2D eigenvalue weighted by Crippen LogP contribution is 2.20. The minimum absolute atomic E-state index is 0.0512. The predicted octanol–water partition coefficient (Wildman–Crippen LogP) is 1.02. The molecule has 0 bridgehead atoms. The normalized spacial score (nSPS) is 24.0. The van der Waals surface area contributed by atoms with Crippen LogP contribution >= 0.6 is 0 Å². The van der Waals surface area contributed by atoms with Crippen molar-refractivity contribution in [2.45, 2.75) is 52.2 Å². The Morgan fingerprint density at radius 1 is 1.05 bits per heavy atom. The maximum Gasteiger partial charge on any atom is 0.240 e. The highest BCUT2D eigenvalue weighted by molar-refractivity contribution is 5.82. The van der Waals surface area contributed by atoms with E-state index in [1.165, 1.54) is 12.8 Å². The Hall–Kier alpha value is -0.650. The van der Waals surface area contributed by atoms with Crippen LogP contribution in [0.5, 0.6) is 0 Å². The maximum absolute atomic E-state index is 12.9. The summed E-state index contributed by atoms with van der Waals surface area (Å²) in [7, 11) is 0. The van der Waals surface area contributed by atoms with E-state index >= 15 is 0 Å². The van der Waals surface area contributed by atoms with Crippen molar-refractivity contribution < 1.29 is 9.90 Å². The Morgan fingerprint density at radius 3 is 2.14 bits per heavy atom. The Kier molecular flexibility index (Phi) is 6.66. The minimum Gasteiger partial charge on any atom is -0.392 e. The lowest BCUT2D eigenvalue weighted by Crippen LogP contribution is -2.56. The number of hydrogen-bond acceptors (Lipinski definition) is 4. The fourth-order valence-electron chi connectivity index (χ4n) is 3.65. The molecule has 2 fully saturated rings. The number of amides is 1. The van der Waals surface area contributed by atoms with Gasteiger partial charge in [0.15, 0.2) is 0 Å². The van der Waals surface area contributed by atoms with Crippen LogP contribution in [-0.4, -0.2) is 83.7 Å². The smallest absolute Gasteiger partial charge is 0.240 e. The number of piperazine rings is 1. The second-order valence-corrected chi connectivity index (χ2v) is 7.12. The molecule has 0 aromatic carbocycles. The summed E-state index contributed by atoms with van der Waals surface area (Å²) in [5.41, 5.74) is 0. The van der Waals surface area contributed by atoms with Gasteiger partial charge in [-0.3, -0.25) is 14.6 Å².